The fraction of sp³-hybridized carbons (Fsp3) is 0.304. The number of para-hydroxylation sites is 3. The fourth-order valence-corrected chi connectivity index (χ4v) is 4.24. The summed E-state index contributed by atoms with van der Waals surface area (Å²) in [5.41, 5.74) is 0.910. The minimum absolute atomic E-state index is 0.225. The first-order valence-corrected chi connectivity index (χ1v) is 11.2. The molecule has 0 aliphatic carbocycles. The molecule has 1 N–H and O–H groups in total. The van der Waals surface area contributed by atoms with Crippen molar-refractivity contribution in [2.45, 2.75) is 43.7 Å². The van der Waals surface area contributed by atoms with Crippen LogP contribution in [-0.2, 0) is 9.59 Å². The number of ether oxygens (including phenoxy) is 1. The van der Waals surface area contributed by atoms with Crippen LogP contribution in [0.25, 0.3) is 11.5 Å². The van der Waals surface area contributed by atoms with Gasteiger partial charge in [0, 0.05) is 0 Å². The maximum absolute atomic E-state index is 13.5. The molecule has 1 aromatic heterocycles. The summed E-state index contributed by atoms with van der Waals surface area (Å²) >= 11 is 1.15. The van der Waals surface area contributed by atoms with Gasteiger partial charge >= 0.3 is 0 Å². The maximum Gasteiger partial charge on any atom is 0.277 e. The second-order valence-corrected chi connectivity index (χ2v) is 9.06. The lowest BCUT2D eigenvalue weighted by Gasteiger charge is -2.42. The zero-order valence-electron chi connectivity index (χ0n) is 18.3. The molecule has 0 radical (unpaired) electrons. The highest BCUT2D eigenvalue weighted by atomic mass is 32.2. The van der Waals surface area contributed by atoms with Gasteiger partial charge < -0.3 is 14.5 Å². The molecule has 2 amide bonds. The highest BCUT2D eigenvalue weighted by Gasteiger charge is 2.45. The number of carbonyl (C=O) groups excluding carboxylic acids is 2. The van der Waals surface area contributed by atoms with E-state index in [4.69, 9.17) is 9.15 Å². The fourth-order valence-electron chi connectivity index (χ4n) is 3.52. The summed E-state index contributed by atoms with van der Waals surface area (Å²) in [6.07, 6.45) is 0. The second-order valence-electron chi connectivity index (χ2n) is 7.77. The van der Waals surface area contributed by atoms with Crippen molar-refractivity contribution in [1.82, 2.24) is 10.2 Å². The lowest BCUT2D eigenvalue weighted by molar-refractivity contribution is -0.126. The zero-order valence-corrected chi connectivity index (χ0v) is 19.1. The monoisotopic (exact) mass is 452 g/mol. The first-order valence-electron chi connectivity index (χ1n) is 10.3. The van der Waals surface area contributed by atoms with E-state index >= 15 is 0 Å². The van der Waals surface area contributed by atoms with Crippen molar-refractivity contribution in [3.63, 3.8) is 0 Å². The lowest BCUT2D eigenvalue weighted by Crippen LogP contribution is -2.60. The summed E-state index contributed by atoms with van der Waals surface area (Å²) in [5, 5.41) is 10.8. The van der Waals surface area contributed by atoms with Crippen molar-refractivity contribution < 1.29 is 18.7 Å². The van der Waals surface area contributed by atoms with Crippen molar-refractivity contribution in [2.24, 2.45) is 0 Å². The van der Waals surface area contributed by atoms with Gasteiger partial charge in [-0.2, -0.15) is 0 Å². The number of aromatic nitrogens is 2. The number of rotatable bonds is 6. The molecule has 1 aliphatic heterocycles. The van der Waals surface area contributed by atoms with Crippen molar-refractivity contribution in [3.8, 4) is 17.2 Å². The van der Waals surface area contributed by atoms with E-state index in [1.807, 2.05) is 49.4 Å². The van der Waals surface area contributed by atoms with Crippen LogP contribution in [0.4, 0.5) is 11.4 Å². The van der Waals surface area contributed by atoms with Gasteiger partial charge in [-0.1, -0.05) is 36.0 Å². The van der Waals surface area contributed by atoms with E-state index in [1.54, 1.807) is 31.7 Å². The molecule has 0 saturated carbocycles. The van der Waals surface area contributed by atoms with Gasteiger partial charge in [-0.3, -0.25) is 14.5 Å². The molecule has 1 unspecified atom stereocenters. The zero-order chi connectivity index (χ0) is 22.9. The van der Waals surface area contributed by atoms with Crippen molar-refractivity contribution in [3.05, 3.63) is 48.5 Å². The normalized spacial score (nSPS) is 15.6. The number of amides is 2. The molecule has 0 fully saturated rings. The predicted molar refractivity (Wildman–Crippen MR) is 123 cm³/mol. The largest absolute Gasteiger partial charge is 0.493 e. The quantitative estimate of drug-likeness (QED) is 0.554. The van der Waals surface area contributed by atoms with E-state index in [1.165, 1.54) is 0 Å². The van der Waals surface area contributed by atoms with Gasteiger partial charge in [0.05, 0.1) is 28.8 Å². The minimum atomic E-state index is -1.04. The number of nitrogens with one attached hydrogen (secondary N) is 1. The molecule has 2 heterocycles. The molecule has 0 saturated heterocycles. The minimum Gasteiger partial charge on any atom is -0.493 e. The smallest absolute Gasteiger partial charge is 0.277 e. The third kappa shape index (κ3) is 3.95. The highest BCUT2D eigenvalue weighted by molar-refractivity contribution is 8.00. The lowest BCUT2D eigenvalue weighted by atomic mass is 9.96. The predicted octanol–water partition coefficient (Wildman–Crippen LogP) is 4.38. The van der Waals surface area contributed by atoms with E-state index in [0.29, 0.717) is 35.2 Å². The topological polar surface area (TPSA) is 97.6 Å². The molecule has 0 bridgehead atoms. The number of benzene rings is 2. The van der Waals surface area contributed by atoms with Gasteiger partial charge in [-0.25, -0.2) is 0 Å². The molecule has 3 aromatic rings. The Morgan fingerprint density at radius 3 is 2.69 bits per heavy atom. The third-order valence-corrected chi connectivity index (χ3v) is 6.10. The van der Waals surface area contributed by atoms with Gasteiger partial charge in [0.1, 0.15) is 11.3 Å². The van der Waals surface area contributed by atoms with Crippen molar-refractivity contribution in [1.29, 1.82) is 0 Å². The van der Waals surface area contributed by atoms with Crippen LogP contribution in [0.3, 0.4) is 0 Å². The molecule has 4 rings (SSSR count). The summed E-state index contributed by atoms with van der Waals surface area (Å²) in [6.45, 7) is 7.63. The molecule has 1 atom stereocenters. The number of hydrogen-bond acceptors (Lipinski definition) is 7. The number of anilines is 2. The van der Waals surface area contributed by atoms with Gasteiger partial charge in [0.15, 0.2) is 0 Å². The number of nitrogens with zero attached hydrogens (tertiary/aromatic N) is 3. The highest BCUT2D eigenvalue weighted by Crippen LogP contribution is 2.39. The summed E-state index contributed by atoms with van der Waals surface area (Å²) < 4.78 is 11.5. The summed E-state index contributed by atoms with van der Waals surface area (Å²) in [5.74, 6) is 0.502. The van der Waals surface area contributed by atoms with E-state index in [-0.39, 0.29) is 17.0 Å². The molecular formula is C23H24N4O4S. The Morgan fingerprint density at radius 2 is 1.91 bits per heavy atom. The molecule has 2 aromatic carbocycles. The first-order chi connectivity index (χ1) is 15.3. The summed E-state index contributed by atoms with van der Waals surface area (Å²) in [6, 6.07) is 14.7. The number of fused-ring (bicyclic) bond motifs is 1. The van der Waals surface area contributed by atoms with E-state index in [0.717, 1.165) is 11.8 Å². The Kier molecular flexibility index (Phi) is 5.92. The molecule has 1 aliphatic rings. The molecular weight excluding hydrogens is 428 g/mol. The average molecular weight is 453 g/mol. The Morgan fingerprint density at radius 1 is 1.19 bits per heavy atom. The maximum atomic E-state index is 13.5. The van der Waals surface area contributed by atoms with E-state index in [9.17, 15) is 9.59 Å². The van der Waals surface area contributed by atoms with Gasteiger partial charge in [0.2, 0.25) is 11.8 Å². The average Bonchev–Trinajstić information content (AvgIpc) is 3.23. The number of carbonyl (C=O) groups is 2. The molecule has 9 heteroatoms. The molecule has 166 valence electrons. The van der Waals surface area contributed by atoms with Crippen LogP contribution >= 0.6 is 11.8 Å². The SMILES string of the molecule is CCOc1ccccc1-c1nnc(SC(C)C(=O)N2c3ccccc3NC(=O)C2(C)C)o1. The molecule has 32 heavy (non-hydrogen) atoms. The summed E-state index contributed by atoms with van der Waals surface area (Å²) in [7, 11) is 0. The van der Waals surface area contributed by atoms with Crippen LogP contribution < -0.4 is 15.0 Å². The van der Waals surface area contributed by atoms with Crippen LogP contribution in [0.1, 0.15) is 27.7 Å². The Hall–Kier alpha value is -3.33. The molecule has 8 nitrogen and oxygen atoms in total. The first kappa shape index (κ1) is 21.9. The van der Waals surface area contributed by atoms with Gasteiger partial charge in [-0.15, -0.1) is 10.2 Å². The Bertz CT molecular complexity index is 1160. The van der Waals surface area contributed by atoms with Crippen LogP contribution in [0.15, 0.2) is 58.2 Å². The van der Waals surface area contributed by atoms with Gasteiger partial charge in [-0.05, 0) is 52.0 Å². The van der Waals surface area contributed by atoms with Crippen molar-refractivity contribution in [2.75, 3.05) is 16.8 Å². The van der Waals surface area contributed by atoms with Gasteiger partial charge in [0.25, 0.3) is 11.1 Å². The van der Waals surface area contributed by atoms with E-state index < -0.39 is 10.8 Å². The Balaban J connectivity index is 1.57. The second kappa shape index (κ2) is 8.66. The molecule has 0 spiro atoms. The third-order valence-electron chi connectivity index (χ3n) is 5.18. The van der Waals surface area contributed by atoms with Crippen LogP contribution in [0.2, 0.25) is 0 Å². The number of thioether (sulfide) groups is 1. The van der Waals surface area contributed by atoms with E-state index in [2.05, 4.69) is 15.5 Å². The standard InChI is InChI=1S/C23H24N4O4S/c1-5-30-18-13-9-6-10-15(18)19-25-26-22(31-19)32-14(2)20(28)27-17-12-8-7-11-16(17)24-21(29)23(27,3)4/h6-14H,5H2,1-4H3,(H,24,29). The number of hydrogen-bond donors (Lipinski definition) is 1. The van der Waals surface area contributed by atoms with Crippen molar-refractivity contribution >= 4 is 35.0 Å². The van der Waals surface area contributed by atoms with Crippen LogP contribution in [0, 0.1) is 0 Å². The van der Waals surface area contributed by atoms with Crippen LogP contribution in [0.5, 0.6) is 5.75 Å². The Labute approximate surface area is 190 Å². The summed E-state index contributed by atoms with van der Waals surface area (Å²) in [4.78, 5) is 27.7. The van der Waals surface area contributed by atoms with Crippen LogP contribution in [-0.4, -0.2) is 39.4 Å².